The average Bonchev–Trinajstić information content (AvgIpc) is 2.80. The van der Waals surface area contributed by atoms with E-state index in [1.165, 1.54) is 5.56 Å². The smallest absolute Gasteiger partial charge is 0.222 e. The van der Waals surface area contributed by atoms with E-state index in [0.29, 0.717) is 6.42 Å². The van der Waals surface area contributed by atoms with E-state index in [0.717, 1.165) is 29.8 Å². The number of imidazole rings is 1. The predicted octanol–water partition coefficient (Wildman–Crippen LogP) is 3.44. The molecule has 112 valence electrons. The number of amides is 1. The normalized spacial score (nSPS) is 21.0. The number of aryl methyl sites for hydroxylation is 1. The van der Waals surface area contributed by atoms with E-state index in [1.807, 2.05) is 20.0 Å². The van der Waals surface area contributed by atoms with E-state index in [2.05, 4.69) is 23.6 Å². The number of nitrogens with zero attached hydrogens (tertiary/aromatic N) is 3. The highest BCUT2D eigenvalue weighted by atomic mass is 35.5. The molecule has 21 heavy (non-hydrogen) atoms. The molecule has 0 saturated carbocycles. The Kier molecular flexibility index (Phi) is 3.66. The number of alkyl halides is 1. The van der Waals surface area contributed by atoms with Crippen molar-refractivity contribution in [2.24, 2.45) is 0 Å². The zero-order valence-electron chi connectivity index (χ0n) is 12.6. The summed E-state index contributed by atoms with van der Waals surface area (Å²) < 4.78 is 2.24. The molecular weight excluding hydrogens is 286 g/mol. The van der Waals surface area contributed by atoms with Gasteiger partial charge in [-0.25, -0.2) is 4.98 Å². The van der Waals surface area contributed by atoms with Gasteiger partial charge in [0.05, 0.1) is 22.5 Å². The van der Waals surface area contributed by atoms with Crippen LogP contribution >= 0.6 is 11.6 Å². The maximum atomic E-state index is 11.7. The van der Waals surface area contributed by atoms with Crippen LogP contribution in [0, 0.1) is 6.92 Å². The van der Waals surface area contributed by atoms with Gasteiger partial charge in [0.2, 0.25) is 5.91 Å². The standard InChI is InChI=1S/C16H20ClN3O/c1-10-4-6-13-14(8-10)20(16(18-13)11(2)17)12-5-7-15(21)19(3)9-12/h4,6,8,11-12H,5,7,9H2,1-3H3. The third-order valence-corrected chi connectivity index (χ3v) is 4.39. The Labute approximate surface area is 129 Å². The fourth-order valence-corrected chi connectivity index (χ4v) is 3.24. The maximum absolute atomic E-state index is 11.7. The van der Waals surface area contributed by atoms with Gasteiger partial charge in [-0.3, -0.25) is 4.79 Å². The minimum absolute atomic E-state index is 0.152. The van der Waals surface area contributed by atoms with Crippen molar-refractivity contribution in [1.29, 1.82) is 0 Å². The van der Waals surface area contributed by atoms with Crippen molar-refractivity contribution in [3.63, 3.8) is 0 Å². The molecule has 2 aromatic rings. The average molecular weight is 306 g/mol. The van der Waals surface area contributed by atoms with Crippen molar-refractivity contribution in [1.82, 2.24) is 14.5 Å². The number of carbonyl (C=O) groups is 1. The monoisotopic (exact) mass is 305 g/mol. The number of hydrogen-bond donors (Lipinski definition) is 0. The van der Waals surface area contributed by atoms with E-state index in [1.54, 1.807) is 4.90 Å². The summed E-state index contributed by atoms with van der Waals surface area (Å²) in [5.74, 6) is 1.11. The van der Waals surface area contributed by atoms with Crippen molar-refractivity contribution in [3.8, 4) is 0 Å². The van der Waals surface area contributed by atoms with Gasteiger partial charge in [-0.15, -0.1) is 11.6 Å². The first-order valence-electron chi connectivity index (χ1n) is 7.34. The van der Waals surface area contributed by atoms with Gasteiger partial charge in [0.15, 0.2) is 0 Å². The molecule has 4 nitrogen and oxygen atoms in total. The molecule has 0 radical (unpaired) electrons. The number of benzene rings is 1. The van der Waals surface area contributed by atoms with Gasteiger partial charge in [-0.05, 0) is 38.0 Å². The fourth-order valence-electron chi connectivity index (χ4n) is 3.09. The van der Waals surface area contributed by atoms with Crippen molar-refractivity contribution >= 4 is 28.5 Å². The number of likely N-dealkylation sites (tertiary alicyclic amines) is 1. The Bertz CT molecular complexity index is 692. The molecule has 0 N–H and O–H groups in total. The quantitative estimate of drug-likeness (QED) is 0.797. The first kappa shape index (κ1) is 14.4. The van der Waals surface area contributed by atoms with Crippen LogP contribution in [0.2, 0.25) is 0 Å². The van der Waals surface area contributed by atoms with E-state index in [4.69, 9.17) is 16.6 Å². The van der Waals surface area contributed by atoms with E-state index in [-0.39, 0.29) is 17.3 Å². The second-order valence-corrected chi connectivity index (χ2v) is 6.57. The number of piperidine rings is 1. The molecule has 0 spiro atoms. The summed E-state index contributed by atoms with van der Waals surface area (Å²) in [5.41, 5.74) is 3.30. The number of halogens is 1. The molecule has 2 atom stereocenters. The van der Waals surface area contributed by atoms with Gasteiger partial charge < -0.3 is 9.47 Å². The van der Waals surface area contributed by atoms with Crippen LogP contribution in [0.4, 0.5) is 0 Å². The minimum Gasteiger partial charge on any atom is -0.344 e. The van der Waals surface area contributed by atoms with Crippen molar-refractivity contribution < 1.29 is 4.79 Å². The number of rotatable bonds is 2. The van der Waals surface area contributed by atoms with Gasteiger partial charge in [0.25, 0.3) is 0 Å². The van der Waals surface area contributed by atoms with E-state index < -0.39 is 0 Å². The SMILES string of the molecule is Cc1ccc2nc(C(C)Cl)n(C3CCC(=O)N(C)C3)c2c1. The van der Waals surface area contributed by atoms with Crippen LogP contribution in [-0.4, -0.2) is 34.0 Å². The molecule has 0 bridgehead atoms. The van der Waals surface area contributed by atoms with Crippen molar-refractivity contribution in [2.75, 3.05) is 13.6 Å². The van der Waals surface area contributed by atoms with Crippen LogP contribution in [0.25, 0.3) is 11.0 Å². The zero-order valence-corrected chi connectivity index (χ0v) is 13.4. The molecule has 1 aliphatic heterocycles. The highest BCUT2D eigenvalue weighted by molar-refractivity contribution is 6.20. The fraction of sp³-hybridized carbons (Fsp3) is 0.500. The first-order valence-corrected chi connectivity index (χ1v) is 7.77. The summed E-state index contributed by atoms with van der Waals surface area (Å²) in [6.45, 7) is 4.75. The van der Waals surface area contributed by atoms with Crippen molar-refractivity contribution in [3.05, 3.63) is 29.6 Å². The molecule has 1 aromatic carbocycles. The molecule has 1 saturated heterocycles. The Hall–Kier alpha value is -1.55. The van der Waals surface area contributed by atoms with Crippen LogP contribution < -0.4 is 0 Å². The molecule has 1 aromatic heterocycles. The lowest BCUT2D eigenvalue weighted by Crippen LogP contribution is -2.38. The summed E-state index contributed by atoms with van der Waals surface area (Å²) in [6, 6.07) is 6.51. The van der Waals surface area contributed by atoms with Gasteiger partial charge in [-0.2, -0.15) is 0 Å². The molecule has 5 heteroatoms. The van der Waals surface area contributed by atoms with Crippen LogP contribution in [0.1, 0.15) is 42.6 Å². The summed E-state index contributed by atoms with van der Waals surface area (Å²) in [4.78, 5) is 18.2. The molecular formula is C16H20ClN3O. The highest BCUT2D eigenvalue weighted by Gasteiger charge is 2.28. The number of fused-ring (bicyclic) bond motifs is 1. The molecule has 3 rings (SSSR count). The summed E-state index contributed by atoms with van der Waals surface area (Å²) >= 11 is 6.34. The molecule has 1 aliphatic rings. The minimum atomic E-state index is -0.152. The highest BCUT2D eigenvalue weighted by Crippen LogP contribution is 2.32. The Balaban J connectivity index is 2.13. The van der Waals surface area contributed by atoms with E-state index >= 15 is 0 Å². The van der Waals surface area contributed by atoms with Gasteiger partial charge in [0.1, 0.15) is 5.82 Å². The number of aromatic nitrogens is 2. The first-order chi connectivity index (χ1) is 9.97. The second-order valence-electron chi connectivity index (χ2n) is 5.91. The van der Waals surface area contributed by atoms with Crippen LogP contribution in [0.5, 0.6) is 0 Å². The van der Waals surface area contributed by atoms with Gasteiger partial charge >= 0.3 is 0 Å². The number of carbonyl (C=O) groups excluding carboxylic acids is 1. The van der Waals surface area contributed by atoms with Gasteiger partial charge in [0, 0.05) is 20.0 Å². The van der Waals surface area contributed by atoms with Crippen LogP contribution in [0.3, 0.4) is 0 Å². The van der Waals surface area contributed by atoms with Crippen LogP contribution in [-0.2, 0) is 4.79 Å². The largest absolute Gasteiger partial charge is 0.344 e. The lowest BCUT2D eigenvalue weighted by atomic mass is 10.0. The summed E-state index contributed by atoms with van der Waals surface area (Å²) in [7, 11) is 1.86. The number of hydrogen-bond acceptors (Lipinski definition) is 2. The molecule has 1 fully saturated rings. The predicted molar refractivity (Wildman–Crippen MR) is 84.6 cm³/mol. The third kappa shape index (κ3) is 2.53. The Morgan fingerprint density at radius 2 is 2.19 bits per heavy atom. The molecule has 2 unspecified atom stereocenters. The number of likely N-dealkylation sites (N-methyl/N-ethyl adjacent to an activating group) is 1. The summed E-state index contributed by atoms with van der Waals surface area (Å²) in [6.07, 6.45) is 1.43. The zero-order chi connectivity index (χ0) is 15.1. The van der Waals surface area contributed by atoms with Crippen LogP contribution in [0.15, 0.2) is 18.2 Å². The third-order valence-electron chi connectivity index (χ3n) is 4.20. The molecule has 2 heterocycles. The van der Waals surface area contributed by atoms with Gasteiger partial charge in [-0.1, -0.05) is 6.07 Å². The maximum Gasteiger partial charge on any atom is 0.222 e. The Morgan fingerprint density at radius 1 is 1.43 bits per heavy atom. The molecule has 1 amide bonds. The molecule has 0 aliphatic carbocycles. The topological polar surface area (TPSA) is 38.1 Å². The van der Waals surface area contributed by atoms with E-state index in [9.17, 15) is 4.79 Å². The van der Waals surface area contributed by atoms with Crippen molar-refractivity contribution in [2.45, 2.75) is 38.1 Å². The summed E-state index contributed by atoms with van der Waals surface area (Å²) in [5, 5.41) is -0.152. The Morgan fingerprint density at radius 3 is 2.86 bits per heavy atom. The lowest BCUT2D eigenvalue weighted by molar-refractivity contribution is -0.132. The lowest BCUT2D eigenvalue weighted by Gasteiger charge is -2.32. The second kappa shape index (κ2) is 5.34.